The third kappa shape index (κ3) is 3.84. The smallest absolute Gasteiger partial charge is 0.225 e. The van der Waals surface area contributed by atoms with Gasteiger partial charge in [-0.05, 0) is 23.4 Å². The molecule has 0 unspecified atom stereocenters. The largest absolute Gasteiger partial charge is 0.320 e. The van der Waals surface area contributed by atoms with Gasteiger partial charge in [-0.2, -0.15) is 5.26 Å². The molecule has 0 bridgehead atoms. The van der Waals surface area contributed by atoms with E-state index in [-0.39, 0.29) is 11.8 Å². The number of hydrogen-bond donors (Lipinski definition) is 1. The molecule has 23 heavy (non-hydrogen) atoms. The molecule has 1 aromatic carbocycles. The highest BCUT2D eigenvalue weighted by atomic mass is 32.2. The molecular weight excluding hydrogens is 324 g/mol. The number of thiophene rings is 1. The Bertz CT molecular complexity index is 745. The van der Waals surface area contributed by atoms with Gasteiger partial charge in [-0.1, -0.05) is 36.4 Å². The quantitative estimate of drug-likeness (QED) is 0.893. The van der Waals surface area contributed by atoms with Crippen LogP contribution in [0, 0.1) is 11.3 Å². The molecule has 0 aliphatic carbocycles. The number of carbonyl (C=O) groups excluding carboxylic acids is 1. The molecule has 0 spiro atoms. The number of allylic oxidation sites excluding steroid dienone is 1. The average molecular weight is 340 g/mol. The van der Waals surface area contributed by atoms with E-state index in [4.69, 9.17) is 0 Å². The first kappa shape index (κ1) is 15.9. The minimum Gasteiger partial charge on any atom is -0.320 e. The minimum atomic E-state index is -0.104. The van der Waals surface area contributed by atoms with E-state index < -0.39 is 0 Å². The van der Waals surface area contributed by atoms with Gasteiger partial charge in [0.1, 0.15) is 0 Å². The van der Waals surface area contributed by atoms with Crippen molar-refractivity contribution in [3.63, 3.8) is 0 Å². The molecule has 116 valence electrons. The molecule has 1 N–H and O–H groups in total. The highest BCUT2D eigenvalue weighted by molar-refractivity contribution is 8.03. The number of nitriles is 1. The van der Waals surface area contributed by atoms with Crippen LogP contribution < -0.4 is 5.32 Å². The Morgan fingerprint density at radius 1 is 1.26 bits per heavy atom. The van der Waals surface area contributed by atoms with E-state index in [0.717, 1.165) is 22.1 Å². The molecule has 3 rings (SSSR count). The Balaban J connectivity index is 1.75. The van der Waals surface area contributed by atoms with Gasteiger partial charge in [0, 0.05) is 23.0 Å². The molecule has 2 aromatic rings. The number of aryl methyl sites for hydroxylation is 1. The van der Waals surface area contributed by atoms with E-state index in [1.54, 1.807) is 23.1 Å². The molecular formula is C18H16N2OS2. The van der Waals surface area contributed by atoms with Crippen molar-refractivity contribution >= 4 is 29.0 Å². The summed E-state index contributed by atoms with van der Waals surface area (Å²) in [5.74, 6) is 0.722. The van der Waals surface area contributed by atoms with Crippen molar-refractivity contribution in [1.82, 2.24) is 5.32 Å². The molecule has 3 nitrogen and oxygen atoms in total. The Morgan fingerprint density at radius 2 is 2.09 bits per heavy atom. The second-order valence-electron chi connectivity index (χ2n) is 5.26. The van der Waals surface area contributed by atoms with Gasteiger partial charge >= 0.3 is 0 Å². The van der Waals surface area contributed by atoms with E-state index in [1.165, 1.54) is 5.56 Å². The summed E-state index contributed by atoms with van der Waals surface area (Å²) >= 11 is 3.16. The zero-order valence-corrected chi connectivity index (χ0v) is 14.1. The van der Waals surface area contributed by atoms with E-state index >= 15 is 0 Å². The van der Waals surface area contributed by atoms with Gasteiger partial charge in [0.25, 0.3) is 0 Å². The van der Waals surface area contributed by atoms with Crippen molar-refractivity contribution in [2.45, 2.75) is 18.8 Å². The van der Waals surface area contributed by atoms with Crippen molar-refractivity contribution in [3.05, 3.63) is 68.9 Å². The maximum absolute atomic E-state index is 12.0. The second kappa shape index (κ2) is 7.49. The molecule has 0 saturated carbocycles. The van der Waals surface area contributed by atoms with Gasteiger partial charge in [0.15, 0.2) is 0 Å². The van der Waals surface area contributed by atoms with Crippen LogP contribution in [0.2, 0.25) is 0 Å². The van der Waals surface area contributed by atoms with Crippen molar-refractivity contribution in [3.8, 4) is 6.07 Å². The van der Waals surface area contributed by atoms with Crippen molar-refractivity contribution < 1.29 is 4.79 Å². The normalized spacial score (nSPS) is 17.7. The lowest BCUT2D eigenvalue weighted by molar-refractivity contribution is -0.120. The van der Waals surface area contributed by atoms with Gasteiger partial charge in [-0.25, -0.2) is 0 Å². The van der Waals surface area contributed by atoms with Crippen LogP contribution in [0.5, 0.6) is 0 Å². The van der Waals surface area contributed by atoms with Gasteiger partial charge in [0.05, 0.1) is 16.7 Å². The first-order valence-electron chi connectivity index (χ1n) is 7.42. The predicted octanol–water partition coefficient (Wildman–Crippen LogP) is 4.06. The van der Waals surface area contributed by atoms with Crippen LogP contribution in [-0.2, 0) is 11.2 Å². The third-order valence-electron chi connectivity index (χ3n) is 3.72. The Kier molecular flexibility index (Phi) is 5.16. The molecule has 5 heteroatoms. The summed E-state index contributed by atoms with van der Waals surface area (Å²) in [6.45, 7) is 0. The van der Waals surface area contributed by atoms with E-state index in [9.17, 15) is 10.1 Å². The first-order valence-corrected chi connectivity index (χ1v) is 9.28. The lowest BCUT2D eigenvalue weighted by atomic mass is 9.93. The Labute approximate surface area is 144 Å². The number of rotatable bonds is 5. The second-order valence-corrected chi connectivity index (χ2v) is 7.34. The number of carbonyl (C=O) groups is 1. The molecule has 1 aliphatic heterocycles. The lowest BCUT2D eigenvalue weighted by Gasteiger charge is -2.24. The number of thioether (sulfide) groups is 1. The molecule has 1 amide bonds. The molecule has 1 aliphatic rings. The van der Waals surface area contributed by atoms with E-state index in [0.29, 0.717) is 12.0 Å². The minimum absolute atomic E-state index is 0.00962. The molecule has 0 saturated heterocycles. The number of hydrogen-bond acceptors (Lipinski definition) is 4. The van der Waals surface area contributed by atoms with Crippen molar-refractivity contribution in [1.29, 1.82) is 5.26 Å². The first-order chi connectivity index (χ1) is 11.3. The Morgan fingerprint density at radius 3 is 2.78 bits per heavy atom. The summed E-state index contributed by atoms with van der Waals surface area (Å²) < 4.78 is 0. The lowest BCUT2D eigenvalue weighted by Crippen LogP contribution is -2.30. The number of amides is 1. The fourth-order valence-corrected chi connectivity index (χ4v) is 4.49. The van der Waals surface area contributed by atoms with Crippen LogP contribution in [0.3, 0.4) is 0 Å². The summed E-state index contributed by atoms with van der Waals surface area (Å²) in [6, 6.07) is 16.5. The van der Waals surface area contributed by atoms with Gasteiger partial charge in [-0.15, -0.1) is 23.1 Å². The zero-order chi connectivity index (χ0) is 16.1. The highest BCUT2D eigenvalue weighted by Crippen LogP contribution is 2.37. The monoisotopic (exact) mass is 340 g/mol. The predicted molar refractivity (Wildman–Crippen MR) is 95.1 cm³/mol. The number of benzene rings is 1. The Hall–Kier alpha value is -2.03. The summed E-state index contributed by atoms with van der Waals surface area (Å²) in [6.07, 6.45) is 1.26. The van der Waals surface area contributed by atoms with E-state index in [1.807, 2.05) is 35.7 Å². The molecule has 2 heterocycles. The van der Waals surface area contributed by atoms with E-state index in [2.05, 4.69) is 23.5 Å². The number of nitrogens with one attached hydrogen (secondary N) is 1. The zero-order valence-electron chi connectivity index (χ0n) is 12.5. The van der Waals surface area contributed by atoms with Crippen LogP contribution in [0.15, 0.2) is 58.4 Å². The third-order valence-corrected chi connectivity index (χ3v) is 5.73. The molecule has 0 fully saturated rings. The molecule has 1 aromatic heterocycles. The van der Waals surface area contributed by atoms with Crippen LogP contribution in [0.25, 0.3) is 0 Å². The SMILES string of the molecule is N#CC1=C(SCCc2ccccc2)NC(=O)C[C@@H]1c1cccs1. The van der Waals surface area contributed by atoms with Gasteiger partial charge < -0.3 is 5.32 Å². The maximum Gasteiger partial charge on any atom is 0.225 e. The summed E-state index contributed by atoms with van der Waals surface area (Å²) in [5, 5.41) is 15.2. The van der Waals surface area contributed by atoms with Crippen LogP contribution in [-0.4, -0.2) is 11.7 Å². The van der Waals surface area contributed by atoms with Crippen LogP contribution in [0.1, 0.15) is 22.8 Å². The summed E-state index contributed by atoms with van der Waals surface area (Å²) in [4.78, 5) is 13.1. The maximum atomic E-state index is 12.0. The van der Waals surface area contributed by atoms with Gasteiger partial charge in [-0.3, -0.25) is 4.79 Å². The van der Waals surface area contributed by atoms with Crippen LogP contribution >= 0.6 is 23.1 Å². The van der Waals surface area contributed by atoms with Gasteiger partial charge in [0.2, 0.25) is 5.91 Å². The molecule has 0 radical (unpaired) electrons. The highest BCUT2D eigenvalue weighted by Gasteiger charge is 2.29. The van der Waals surface area contributed by atoms with Crippen molar-refractivity contribution in [2.24, 2.45) is 0 Å². The fraction of sp³-hybridized carbons (Fsp3) is 0.222. The molecule has 1 atom stereocenters. The number of nitrogens with zero attached hydrogens (tertiary/aromatic N) is 1. The van der Waals surface area contributed by atoms with Crippen molar-refractivity contribution in [2.75, 3.05) is 5.75 Å². The standard InChI is InChI=1S/C18H16N2OS2/c19-12-15-14(16-7-4-9-22-16)11-17(21)20-18(15)23-10-8-13-5-2-1-3-6-13/h1-7,9,14H,8,10-11H2,(H,20,21)/t14-/m0/s1. The van der Waals surface area contributed by atoms with Crippen LogP contribution in [0.4, 0.5) is 0 Å². The average Bonchev–Trinajstić information content (AvgIpc) is 3.10. The topological polar surface area (TPSA) is 52.9 Å². The fourth-order valence-electron chi connectivity index (χ4n) is 2.58. The summed E-state index contributed by atoms with van der Waals surface area (Å²) in [5.41, 5.74) is 1.95. The summed E-state index contributed by atoms with van der Waals surface area (Å²) in [7, 11) is 0.